The molecule has 0 aromatic heterocycles. The summed E-state index contributed by atoms with van der Waals surface area (Å²) in [7, 11) is 1.45. The Morgan fingerprint density at radius 1 is 1.23 bits per heavy atom. The maximum atomic E-state index is 12.1. The number of hydrogen-bond donors (Lipinski definition) is 3. The molecule has 2 saturated carbocycles. The number of phenols is 1. The van der Waals surface area contributed by atoms with Crippen molar-refractivity contribution in [1.29, 1.82) is 0 Å². The predicted molar refractivity (Wildman–Crippen MR) is 111 cm³/mol. The van der Waals surface area contributed by atoms with Crippen molar-refractivity contribution < 1.29 is 29.6 Å². The van der Waals surface area contributed by atoms with Gasteiger partial charge in [-0.25, -0.2) is 4.79 Å². The van der Waals surface area contributed by atoms with E-state index < -0.39 is 22.9 Å². The van der Waals surface area contributed by atoms with Crippen LogP contribution in [0.4, 0.5) is 0 Å². The first-order valence-corrected chi connectivity index (χ1v) is 10.4. The number of aliphatic hydroxyl groups is 1. The van der Waals surface area contributed by atoms with E-state index in [0.29, 0.717) is 23.3 Å². The number of methoxy groups -OCH3 is 1. The fourth-order valence-electron chi connectivity index (χ4n) is 6.80. The Hall–Kier alpha value is -2.34. The number of benzene rings is 1. The summed E-state index contributed by atoms with van der Waals surface area (Å²) >= 11 is 0. The van der Waals surface area contributed by atoms with Gasteiger partial charge in [-0.3, -0.25) is 4.79 Å². The van der Waals surface area contributed by atoms with Gasteiger partial charge in [0, 0.05) is 22.5 Å². The van der Waals surface area contributed by atoms with Crippen molar-refractivity contribution in [1.82, 2.24) is 0 Å². The van der Waals surface area contributed by atoms with Gasteiger partial charge in [0.15, 0.2) is 0 Å². The quantitative estimate of drug-likeness (QED) is 0.647. The smallest absolute Gasteiger partial charge is 0.339 e. The summed E-state index contributed by atoms with van der Waals surface area (Å²) in [5.41, 5.74) is -1.11. The number of fused-ring (bicyclic) bond motifs is 3. The average molecular weight is 414 g/mol. The van der Waals surface area contributed by atoms with Crippen molar-refractivity contribution in [2.45, 2.75) is 58.5 Å². The number of carboxylic acids is 1. The van der Waals surface area contributed by atoms with E-state index in [1.165, 1.54) is 7.11 Å². The van der Waals surface area contributed by atoms with E-state index in [4.69, 9.17) is 4.74 Å². The van der Waals surface area contributed by atoms with Crippen LogP contribution in [-0.2, 0) is 4.79 Å². The van der Waals surface area contributed by atoms with Crippen molar-refractivity contribution in [2.75, 3.05) is 7.11 Å². The van der Waals surface area contributed by atoms with Crippen LogP contribution in [0.3, 0.4) is 0 Å². The van der Waals surface area contributed by atoms with Crippen LogP contribution in [0.5, 0.6) is 11.5 Å². The Balaban J connectivity index is 1.89. The largest absolute Gasteiger partial charge is 0.507 e. The number of aromatic carboxylic acids is 1. The summed E-state index contributed by atoms with van der Waals surface area (Å²) < 4.78 is 5.47. The first-order chi connectivity index (χ1) is 13.9. The van der Waals surface area contributed by atoms with Crippen LogP contribution in [0, 0.1) is 29.6 Å². The molecular weight excluding hydrogens is 384 g/mol. The second kappa shape index (κ2) is 6.33. The van der Waals surface area contributed by atoms with Gasteiger partial charge in [-0.1, -0.05) is 26.8 Å². The van der Waals surface area contributed by atoms with E-state index in [2.05, 4.69) is 13.8 Å². The number of aldehydes is 1. The fourth-order valence-corrected chi connectivity index (χ4v) is 6.80. The summed E-state index contributed by atoms with van der Waals surface area (Å²) in [5, 5.41) is 32.5. The van der Waals surface area contributed by atoms with Crippen molar-refractivity contribution in [2.24, 2.45) is 22.7 Å². The molecule has 3 aliphatic carbocycles. The monoisotopic (exact) mass is 414 g/mol. The lowest BCUT2D eigenvalue weighted by atomic mass is 9.40. The van der Waals surface area contributed by atoms with Crippen LogP contribution < -0.4 is 4.74 Å². The van der Waals surface area contributed by atoms with Crippen LogP contribution >= 0.6 is 0 Å². The lowest BCUT2D eigenvalue weighted by Crippen LogP contribution is -2.67. The third kappa shape index (κ3) is 2.46. The Labute approximate surface area is 176 Å². The number of ether oxygens (including phenoxy) is 1. The van der Waals surface area contributed by atoms with Gasteiger partial charge in [0.1, 0.15) is 28.9 Å². The highest BCUT2D eigenvalue weighted by Crippen LogP contribution is 2.73. The number of aryl methyl sites for hydroxylation is 1. The minimum Gasteiger partial charge on any atom is -0.507 e. The topological polar surface area (TPSA) is 104 Å². The molecule has 1 aromatic rings. The molecule has 30 heavy (non-hydrogen) atoms. The summed E-state index contributed by atoms with van der Waals surface area (Å²) in [4.78, 5) is 23.8. The molecule has 0 heterocycles. The molecule has 0 bridgehead atoms. The van der Waals surface area contributed by atoms with Gasteiger partial charge in [0.2, 0.25) is 0 Å². The molecule has 3 N–H and O–H groups in total. The highest BCUT2D eigenvalue weighted by atomic mass is 16.5. The molecule has 1 aromatic carbocycles. The van der Waals surface area contributed by atoms with Crippen LogP contribution in [0.2, 0.25) is 0 Å². The van der Waals surface area contributed by atoms with Gasteiger partial charge in [-0.2, -0.15) is 0 Å². The van der Waals surface area contributed by atoms with E-state index in [1.54, 1.807) is 13.0 Å². The second-order valence-electron chi connectivity index (χ2n) is 10.4. The number of carbonyl (C=O) groups is 2. The molecule has 6 nitrogen and oxygen atoms in total. The van der Waals surface area contributed by atoms with E-state index in [9.17, 15) is 24.9 Å². The number of hydrogen-bond acceptors (Lipinski definition) is 5. The van der Waals surface area contributed by atoms with Crippen LogP contribution in [0.25, 0.3) is 0 Å². The summed E-state index contributed by atoms with van der Waals surface area (Å²) in [6.07, 6.45) is 5.09. The Bertz CT molecular complexity index is 976. The molecule has 4 rings (SSSR count). The molecule has 0 saturated heterocycles. The minimum absolute atomic E-state index is 0.124. The molecule has 5 atom stereocenters. The number of carboxylic acid groups (broad SMARTS) is 1. The third-order valence-corrected chi connectivity index (χ3v) is 8.14. The molecule has 3 aliphatic rings. The molecule has 0 spiro atoms. The third-order valence-electron chi connectivity index (χ3n) is 8.14. The summed E-state index contributed by atoms with van der Waals surface area (Å²) in [5.74, 6) is -1.48. The molecule has 0 radical (unpaired) electrons. The fraction of sp³-hybridized carbons (Fsp3) is 0.583. The van der Waals surface area contributed by atoms with Gasteiger partial charge in [0.25, 0.3) is 0 Å². The van der Waals surface area contributed by atoms with E-state index in [-0.39, 0.29) is 34.1 Å². The number of aromatic hydroxyl groups is 1. The maximum absolute atomic E-state index is 12.1. The van der Waals surface area contributed by atoms with Gasteiger partial charge in [-0.05, 0) is 55.1 Å². The SMILES string of the molecule is COc1cc(C)c(C(=O)O)c(O)c1[C@H]1C[C@]2(C)C3CC(C)(C)CC3C=C(C=O)[C@]12O. The zero-order valence-electron chi connectivity index (χ0n) is 18.2. The van der Waals surface area contributed by atoms with Crippen molar-refractivity contribution in [3.63, 3.8) is 0 Å². The Kier molecular flexibility index (Phi) is 4.41. The lowest BCUT2D eigenvalue weighted by Gasteiger charge is -2.66. The zero-order chi connectivity index (χ0) is 22.2. The van der Waals surface area contributed by atoms with Crippen LogP contribution in [-0.4, -0.2) is 40.3 Å². The normalized spacial score (nSPS) is 36.2. The van der Waals surface area contributed by atoms with Gasteiger partial charge in [0.05, 0.1) is 7.11 Å². The molecule has 2 unspecified atom stereocenters. The predicted octanol–water partition coefficient (Wildman–Crippen LogP) is 3.82. The molecule has 0 amide bonds. The van der Waals surface area contributed by atoms with Crippen molar-refractivity contribution in [3.8, 4) is 11.5 Å². The highest BCUT2D eigenvalue weighted by Gasteiger charge is 2.71. The minimum atomic E-state index is -1.48. The first-order valence-electron chi connectivity index (χ1n) is 10.4. The van der Waals surface area contributed by atoms with Gasteiger partial charge < -0.3 is 20.1 Å². The van der Waals surface area contributed by atoms with Crippen LogP contribution in [0.15, 0.2) is 17.7 Å². The van der Waals surface area contributed by atoms with Crippen molar-refractivity contribution >= 4 is 12.3 Å². The standard InChI is InChI=1S/C24H30O6/c1-12-6-17(30-5)19(20(26)18(12)21(27)28)16-10-23(4)15-9-22(2,3)8-13(15)7-14(11-25)24(16,23)29/h6-7,11,13,15-16,26,29H,8-10H2,1-5H3,(H,27,28)/t13?,15?,16-,23-,24+/m1/s1. The number of carbonyl (C=O) groups excluding carboxylic acids is 1. The lowest BCUT2D eigenvalue weighted by molar-refractivity contribution is -0.193. The van der Waals surface area contributed by atoms with Gasteiger partial charge >= 0.3 is 5.97 Å². The Morgan fingerprint density at radius 3 is 2.47 bits per heavy atom. The molecule has 0 aliphatic heterocycles. The van der Waals surface area contributed by atoms with E-state index in [1.807, 2.05) is 13.0 Å². The maximum Gasteiger partial charge on any atom is 0.339 e. The van der Waals surface area contributed by atoms with E-state index in [0.717, 1.165) is 19.1 Å². The first kappa shape index (κ1) is 20.9. The molecular formula is C24H30O6. The average Bonchev–Trinajstić information content (AvgIpc) is 2.97. The number of rotatable bonds is 4. The molecule has 6 heteroatoms. The van der Waals surface area contributed by atoms with Crippen LogP contribution in [0.1, 0.15) is 67.4 Å². The Morgan fingerprint density at radius 2 is 1.90 bits per heavy atom. The highest BCUT2D eigenvalue weighted by molar-refractivity contribution is 5.94. The van der Waals surface area contributed by atoms with Gasteiger partial charge in [-0.15, -0.1) is 0 Å². The van der Waals surface area contributed by atoms with Crippen molar-refractivity contribution in [3.05, 3.63) is 34.4 Å². The summed E-state index contributed by atoms with van der Waals surface area (Å²) in [6.45, 7) is 8.05. The van der Waals surface area contributed by atoms with E-state index >= 15 is 0 Å². The molecule has 162 valence electrons. The second-order valence-corrected chi connectivity index (χ2v) is 10.4. The summed E-state index contributed by atoms with van der Waals surface area (Å²) in [6, 6.07) is 1.58. The number of allylic oxidation sites excluding steroid dienone is 1. The zero-order valence-corrected chi connectivity index (χ0v) is 18.2. The molecule has 2 fully saturated rings.